The van der Waals surface area contributed by atoms with E-state index in [-0.39, 0.29) is 5.91 Å². The van der Waals surface area contributed by atoms with Gasteiger partial charge in [0.2, 0.25) is 5.91 Å². The Hall–Kier alpha value is -1.17. The SMILES string of the molecule is O=C(CCCc1ccc(Br)s1)NCc1ccc(CN2CCCC2)cc1. The van der Waals surface area contributed by atoms with Gasteiger partial charge in [-0.2, -0.15) is 0 Å². The van der Waals surface area contributed by atoms with Crippen LogP contribution in [-0.4, -0.2) is 23.9 Å². The van der Waals surface area contributed by atoms with Crippen LogP contribution in [-0.2, 0) is 24.3 Å². The van der Waals surface area contributed by atoms with Crippen molar-refractivity contribution in [3.63, 3.8) is 0 Å². The smallest absolute Gasteiger partial charge is 0.220 e. The Labute approximate surface area is 162 Å². The summed E-state index contributed by atoms with van der Waals surface area (Å²) in [5.41, 5.74) is 2.53. The molecular weight excluding hydrogens is 396 g/mol. The highest BCUT2D eigenvalue weighted by Crippen LogP contribution is 2.23. The lowest BCUT2D eigenvalue weighted by Crippen LogP contribution is -2.22. The van der Waals surface area contributed by atoms with Crippen molar-refractivity contribution >= 4 is 33.2 Å². The fourth-order valence-corrected chi connectivity index (χ4v) is 4.68. The van der Waals surface area contributed by atoms with Gasteiger partial charge >= 0.3 is 0 Å². The molecule has 5 heteroatoms. The van der Waals surface area contributed by atoms with E-state index in [0.29, 0.717) is 13.0 Å². The highest BCUT2D eigenvalue weighted by atomic mass is 79.9. The number of benzene rings is 1. The highest BCUT2D eigenvalue weighted by Gasteiger charge is 2.11. The van der Waals surface area contributed by atoms with Crippen LogP contribution in [0.1, 0.15) is 41.7 Å². The van der Waals surface area contributed by atoms with Crippen LogP contribution in [0.4, 0.5) is 0 Å². The molecule has 25 heavy (non-hydrogen) atoms. The summed E-state index contributed by atoms with van der Waals surface area (Å²) in [7, 11) is 0. The third-order valence-corrected chi connectivity index (χ3v) is 6.26. The van der Waals surface area contributed by atoms with E-state index in [4.69, 9.17) is 0 Å². The quantitative estimate of drug-likeness (QED) is 0.668. The van der Waals surface area contributed by atoms with E-state index in [1.54, 1.807) is 11.3 Å². The van der Waals surface area contributed by atoms with Gasteiger partial charge < -0.3 is 5.32 Å². The van der Waals surface area contributed by atoms with Crippen molar-refractivity contribution in [3.8, 4) is 0 Å². The van der Waals surface area contributed by atoms with Crippen molar-refractivity contribution in [1.29, 1.82) is 0 Å². The van der Waals surface area contributed by atoms with E-state index in [9.17, 15) is 4.79 Å². The summed E-state index contributed by atoms with van der Waals surface area (Å²) in [6, 6.07) is 12.8. The van der Waals surface area contributed by atoms with E-state index in [1.807, 2.05) is 0 Å². The van der Waals surface area contributed by atoms with Gasteiger partial charge in [0.1, 0.15) is 0 Å². The standard InChI is InChI=1S/C20H25BrN2OS/c21-19-11-10-18(25-19)4-3-5-20(24)22-14-16-6-8-17(9-7-16)15-23-12-1-2-13-23/h6-11H,1-5,12-15H2,(H,22,24). The second-order valence-electron chi connectivity index (χ2n) is 6.64. The normalized spacial score (nSPS) is 14.8. The van der Waals surface area contributed by atoms with Crippen molar-refractivity contribution in [2.45, 2.75) is 45.2 Å². The number of rotatable bonds is 8. The molecule has 0 spiro atoms. The summed E-state index contributed by atoms with van der Waals surface area (Å²) in [4.78, 5) is 15.8. The Morgan fingerprint density at radius 3 is 2.48 bits per heavy atom. The minimum Gasteiger partial charge on any atom is -0.352 e. The second-order valence-corrected chi connectivity index (χ2v) is 9.18. The molecule has 1 amide bonds. The lowest BCUT2D eigenvalue weighted by molar-refractivity contribution is -0.121. The average Bonchev–Trinajstić information content (AvgIpc) is 3.26. The van der Waals surface area contributed by atoms with E-state index >= 15 is 0 Å². The molecule has 1 aromatic carbocycles. The first-order valence-electron chi connectivity index (χ1n) is 9.00. The topological polar surface area (TPSA) is 32.3 Å². The van der Waals surface area contributed by atoms with Crippen molar-refractivity contribution in [2.24, 2.45) is 0 Å². The summed E-state index contributed by atoms with van der Waals surface area (Å²) in [5, 5.41) is 3.03. The largest absolute Gasteiger partial charge is 0.352 e. The zero-order valence-electron chi connectivity index (χ0n) is 14.5. The number of aryl methyl sites for hydroxylation is 1. The Balaban J connectivity index is 1.35. The van der Waals surface area contributed by atoms with Gasteiger partial charge in [0.25, 0.3) is 0 Å². The molecular formula is C20H25BrN2OS. The Kier molecular flexibility index (Phi) is 7.08. The van der Waals surface area contributed by atoms with Crippen LogP contribution >= 0.6 is 27.3 Å². The number of likely N-dealkylation sites (tertiary alicyclic amines) is 1. The average molecular weight is 421 g/mol. The monoisotopic (exact) mass is 420 g/mol. The summed E-state index contributed by atoms with van der Waals surface area (Å²) in [6.07, 6.45) is 5.10. The van der Waals surface area contributed by atoms with Gasteiger partial charge in [0, 0.05) is 24.4 Å². The number of hydrogen-bond acceptors (Lipinski definition) is 3. The Bertz CT molecular complexity index is 677. The molecule has 1 fully saturated rings. The van der Waals surface area contributed by atoms with Crippen LogP contribution in [0.5, 0.6) is 0 Å². The fraction of sp³-hybridized carbons (Fsp3) is 0.450. The van der Waals surface area contributed by atoms with Crippen molar-refractivity contribution in [3.05, 3.63) is 56.2 Å². The lowest BCUT2D eigenvalue weighted by Gasteiger charge is -2.14. The van der Waals surface area contributed by atoms with Gasteiger partial charge in [0.15, 0.2) is 0 Å². The molecule has 3 nitrogen and oxygen atoms in total. The number of nitrogens with one attached hydrogen (secondary N) is 1. The molecule has 1 aliphatic rings. The van der Waals surface area contributed by atoms with Gasteiger partial charge in [-0.25, -0.2) is 0 Å². The van der Waals surface area contributed by atoms with Gasteiger partial charge in [-0.3, -0.25) is 9.69 Å². The third kappa shape index (κ3) is 6.24. The molecule has 0 saturated carbocycles. The first-order valence-corrected chi connectivity index (χ1v) is 10.6. The molecule has 1 aromatic heterocycles. The molecule has 0 aliphatic carbocycles. The summed E-state index contributed by atoms with van der Waals surface area (Å²) >= 11 is 5.21. The number of amides is 1. The molecule has 3 rings (SSSR count). The van der Waals surface area contributed by atoms with Crippen molar-refractivity contribution < 1.29 is 4.79 Å². The minimum atomic E-state index is 0.136. The Morgan fingerprint density at radius 1 is 1.08 bits per heavy atom. The van der Waals surface area contributed by atoms with Gasteiger partial charge in [-0.1, -0.05) is 24.3 Å². The molecule has 2 aromatic rings. The Morgan fingerprint density at radius 2 is 1.80 bits per heavy atom. The van der Waals surface area contributed by atoms with Crippen LogP contribution < -0.4 is 5.32 Å². The van der Waals surface area contributed by atoms with Crippen molar-refractivity contribution in [2.75, 3.05) is 13.1 Å². The lowest BCUT2D eigenvalue weighted by atomic mass is 10.1. The summed E-state index contributed by atoms with van der Waals surface area (Å²) < 4.78 is 1.15. The number of carbonyl (C=O) groups excluding carboxylic acids is 1. The molecule has 0 radical (unpaired) electrons. The fourth-order valence-electron chi connectivity index (χ4n) is 3.16. The van der Waals surface area contributed by atoms with Crippen LogP contribution in [0, 0.1) is 0 Å². The molecule has 1 aliphatic heterocycles. The second kappa shape index (κ2) is 9.51. The molecule has 134 valence electrons. The van der Waals surface area contributed by atoms with E-state index in [1.165, 1.54) is 41.9 Å². The van der Waals surface area contributed by atoms with Gasteiger partial charge in [-0.15, -0.1) is 11.3 Å². The minimum absolute atomic E-state index is 0.136. The maximum absolute atomic E-state index is 12.0. The van der Waals surface area contributed by atoms with Crippen LogP contribution in [0.15, 0.2) is 40.2 Å². The van der Waals surface area contributed by atoms with Crippen LogP contribution in [0.2, 0.25) is 0 Å². The number of thiophene rings is 1. The van der Waals surface area contributed by atoms with E-state index in [2.05, 4.69) is 62.5 Å². The number of nitrogens with zero attached hydrogens (tertiary/aromatic N) is 1. The number of halogens is 1. The molecule has 1 saturated heterocycles. The third-order valence-electron chi connectivity index (χ3n) is 4.57. The highest BCUT2D eigenvalue weighted by molar-refractivity contribution is 9.11. The zero-order chi connectivity index (χ0) is 17.5. The number of carbonyl (C=O) groups is 1. The van der Waals surface area contributed by atoms with Crippen molar-refractivity contribution in [1.82, 2.24) is 10.2 Å². The molecule has 2 heterocycles. The van der Waals surface area contributed by atoms with E-state index in [0.717, 1.165) is 23.2 Å². The first kappa shape index (κ1) is 18.6. The van der Waals surface area contributed by atoms with E-state index < -0.39 is 0 Å². The predicted octanol–water partition coefficient (Wildman–Crippen LogP) is 4.75. The maximum atomic E-state index is 12.0. The maximum Gasteiger partial charge on any atom is 0.220 e. The van der Waals surface area contributed by atoms with Crippen LogP contribution in [0.3, 0.4) is 0 Å². The molecule has 1 N–H and O–H groups in total. The number of hydrogen-bond donors (Lipinski definition) is 1. The summed E-state index contributed by atoms with van der Waals surface area (Å²) in [5.74, 6) is 0.136. The summed E-state index contributed by atoms with van der Waals surface area (Å²) in [6.45, 7) is 4.11. The van der Waals surface area contributed by atoms with Gasteiger partial charge in [-0.05, 0) is 78.0 Å². The zero-order valence-corrected chi connectivity index (χ0v) is 16.9. The van der Waals surface area contributed by atoms with Crippen LogP contribution in [0.25, 0.3) is 0 Å². The molecule has 0 atom stereocenters. The molecule has 0 unspecified atom stereocenters. The molecule has 0 bridgehead atoms. The predicted molar refractivity (Wildman–Crippen MR) is 108 cm³/mol. The van der Waals surface area contributed by atoms with Gasteiger partial charge in [0.05, 0.1) is 3.79 Å². The first-order chi connectivity index (χ1) is 12.2.